The van der Waals surface area contributed by atoms with Gasteiger partial charge in [-0.15, -0.1) is 0 Å². The minimum atomic E-state index is -0.234. The Kier molecular flexibility index (Phi) is 6.84. The Hall–Kier alpha value is -3.91. The minimum absolute atomic E-state index is 0.0698. The number of piperidine rings is 1. The second-order valence-corrected chi connectivity index (χ2v) is 10.7. The van der Waals surface area contributed by atoms with Crippen molar-refractivity contribution in [3.63, 3.8) is 0 Å². The minimum Gasteiger partial charge on any atom is -0.398 e. The maximum atomic E-state index is 13.4. The number of nitrogens with one attached hydrogen (secondary N) is 4. The van der Waals surface area contributed by atoms with Gasteiger partial charge in [0.05, 0.1) is 5.56 Å². The van der Waals surface area contributed by atoms with Gasteiger partial charge in [0.15, 0.2) is 0 Å². The molecule has 0 saturated carbocycles. The first kappa shape index (κ1) is 24.8. The molecule has 0 atom stereocenters. The molecule has 2 aromatic carbocycles. The van der Waals surface area contributed by atoms with E-state index in [4.69, 9.17) is 11.1 Å². The predicted octanol–water partition coefficient (Wildman–Crippen LogP) is 4.75. The van der Waals surface area contributed by atoms with Crippen molar-refractivity contribution in [3.05, 3.63) is 71.4 Å². The predicted molar refractivity (Wildman–Crippen MR) is 151 cm³/mol. The summed E-state index contributed by atoms with van der Waals surface area (Å²) in [6.07, 6.45) is 5.26. The van der Waals surface area contributed by atoms with E-state index in [1.165, 1.54) is 30.3 Å². The van der Waals surface area contributed by atoms with Gasteiger partial charge in [-0.25, -0.2) is 4.98 Å². The maximum absolute atomic E-state index is 13.4. The highest BCUT2D eigenvalue weighted by Crippen LogP contribution is 2.42. The fourth-order valence-electron chi connectivity index (χ4n) is 5.44. The van der Waals surface area contributed by atoms with Crippen LogP contribution in [0.4, 0.5) is 28.6 Å². The van der Waals surface area contributed by atoms with Gasteiger partial charge in [0.2, 0.25) is 0 Å². The van der Waals surface area contributed by atoms with Crippen LogP contribution in [0.3, 0.4) is 0 Å². The molecule has 1 saturated heterocycles. The van der Waals surface area contributed by atoms with Crippen LogP contribution in [0.1, 0.15) is 48.2 Å². The number of aromatic nitrogens is 1. The Morgan fingerprint density at radius 2 is 1.97 bits per heavy atom. The highest BCUT2D eigenvalue weighted by molar-refractivity contribution is 6.08. The summed E-state index contributed by atoms with van der Waals surface area (Å²) in [4.78, 5) is 20.2. The highest BCUT2D eigenvalue weighted by Gasteiger charge is 2.36. The standard InChI is InChI=1S/C29H35N7O/c1-29(2)18-36(17-19-9-12-32-13-10-19)26-15-22(7-8-24(26)29)35-28(37)23-4-3-11-33-27(23)34-21-6-5-20(16-30)25(31)14-21/h3-8,11,14-16,19,30,32H,9-10,12-13,17-18,31H2,1-2H3,(H,33,34)(H,35,37). The van der Waals surface area contributed by atoms with Gasteiger partial charge in [-0.1, -0.05) is 19.9 Å². The van der Waals surface area contributed by atoms with E-state index in [1.807, 2.05) is 12.1 Å². The number of carbonyl (C=O) groups excluding carboxylic acids is 1. The lowest BCUT2D eigenvalue weighted by atomic mass is 9.87. The van der Waals surface area contributed by atoms with Gasteiger partial charge in [0.25, 0.3) is 5.91 Å². The Labute approximate surface area is 218 Å². The van der Waals surface area contributed by atoms with E-state index in [2.05, 4.69) is 51.8 Å². The van der Waals surface area contributed by atoms with Crippen LogP contribution in [-0.4, -0.2) is 43.3 Å². The molecule has 37 heavy (non-hydrogen) atoms. The van der Waals surface area contributed by atoms with E-state index >= 15 is 0 Å². The molecule has 0 radical (unpaired) electrons. The third-order valence-corrected chi connectivity index (χ3v) is 7.41. The van der Waals surface area contributed by atoms with Crippen LogP contribution in [0.15, 0.2) is 54.7 Å². The van der Waals surface area contributed by atoms with E-state index in [-0.39, 0.29) is 11.3 Å². The molecular weight excluding hydrogens is 462 g/mol. The number of fused-ring (bicyclic) bond motifs is 1. The number of pyridine rings is 1. The van der Waals surface area contributed by atoms with Crippen LogP contribution >= 0.6 is 0 Å². The summed E-state index contributed by atoms with van der Waals surface area (Å²) in [5.74, 6) is 0.894. The van der Waals surface area contributed by atoms with Crippen molar-refractivity contribution in [1.82, 2.24) is 10.3 Å². The SMILES string of the molecule is CC1(C)CN(CC2CCNCC2)c2cc(NC(=O)c3cccnc3Nc3ccc(C=N)c(N)c3)ccc21. The van der Waals surface area contributed by atoms with Gasteiger partial charge in [0.1, 0.15) is 5.82 Å². The third kappa shape index (κ3) is 5.29. The zero-order valence-electron chi connectivity index (χ0n) is 21.5. The van der Waals surface area contributed by atoms with Gasteiger partial charge in [0, 0.05) is 59.2 Å². The lowest BCUT2D eigenvalue weighted by molar-refractivity contribution is 0.102. The molecule has 1 fully saturated rings. The van der Waals surface area contributed by atoms with Crippen molar-refractivity contribution in [2.24, 2.45) is 5.92 Å². The largest absolute Gasteiger partial charge is 0.398 e. The number of rotatable bonds is 7. The topological polar surface area (TPSA) is 119 Å². The van der Waals surface area contributed by atoms with Crippen LogP contribution in [-0.2, 0) is 5.41 Å². The number of hydrogen-bond donors (Lipinski definition) is 5. The quantitative estimate of drug-likeness (QED) is 0.237. The van der Waals surface area contributed by atoms with Crippen LogP contribution < -0.4 is 26.6 Å². The molecule has 5 rings (SSSR count). The second-order valence-electron chi connectivity index (χ2n) is 10.7. The molecule has 6 N–H and O–H groups in total. The smallest absolute Gasteiger partial charge is 0.259 e. The Morgan fingerprint density at radius 3 is 2.73 bits per heavy atom. The second kappa shape index (κ2) is 10.2. The van der Waals surface area contributed by atoms with Crippen molar-refractivity contribution < 1.29 is 4.79 Å². The van der Waals surface area contributed by atoms with Crippen molar-refractivity contribution in [2.45, 2.75) is 32.1 Å². The van der Waals surface area contributed by atoms with Gasteiger partial charge >= 0.3 is 0 Å². The molecular formula is C29H35N7O. The molecule has 2 aliphatic heterocycles. The van der Waals surface area contributed by atoms with Crippen molar-refractivity contribution in [2.75, 3.05) is 47.4 Å². The molecule has 3 aromatic rings. The first-order chi connectivity index (χ1) is 17.8. The molecule has 0 aliphatic carbocycles. The number of nitrogen functional groups attached to an aromatic ring is 1. The summed E-state index contributed by atoms with van der Waals surface area (Å²) in [6.45, 7) is 8.80. The number of carbonyl (C=O) groups is 1. The monoisotopic (exact) mass is 497 g/mol. The number of anilines is 5. The summed E-state index contributed by atoms with van der Waals surface area (Å²) in [5.41, 5.74) is 11.7. The average Bonchev–Trinajstić information content (AvgIpc) is 3.14. The van der Waals surface area contributed by atoms with Crippen LogP contribution in [0.25, 0.3) is 0 Å². The summed E-state index contributed by atoms with van der Waals surface area (Å²) >= 11 is 0. The number of nitrogens with zero attached hydrogens (tertiary/aromatic N) is 2. The van der Waals surface area contributed by atoms with Crippen LogP contribution in [0.2, 0.25) is 0 Å². The Morgan fingerprint density at radius 1 is 1.19 bits per heavy atom. The van der Waals surface area contributed by atoms with E-state index in [1.54, 1.807) is 30.5 Å². The fourth-order valence-corrected chi connectivity index (χ4v) is 5.44. The normalized spacial score (nSPS) is 16.8. The summed E-state index contributed by atoms with van der Waals surface area (Å²) in [6, 6.07) is 15.1. The molecule has 0 bridgehead atoms. The zero-order chi connectivity index (χ0) is 26.0. The molecule has 192 valence electrons. The van der Waals surface area contributed by atoms with Crippen molar-refractivity contribution >= 4 is 40.7 Å². The molecule has 8 heteroatoms. The summed E-state index contributed by atoms with van der Waals surface area (Å²) in [5, 5.41) is 17.2. The molecule has 1 amide bonds. The van der Waals surface area contributed by atoms with Crippen LogP contribution in [0.5, 0.6) is 0 Å². The number of nitrogens with two attached hydrogens (primary N) is 1. The zero-order valence-corrected chi connectivity index (χ0v) is 21.5. The number of hydrogen-bond acceptors (Lipinski definition) is 7. The van der Waals surface area contributed by atoms with Crippen molar-refractivity contribution in [1.29, 1.82) is 5.41 Å². The Bertz CT molecular complexity index is 1310. The molecule has 2 aliphatic rings. The van der Waals surface area contributed by atoms with Crippen molar-refractivity contribution in [3.8, 4) is 0 Å². The average molecular weight is 498 g/mol. The van der Waals surface area contributed by atoms with E-state index in [9.17, 15) is 4.79 Å². The molecule has 8 nitrogen and oxygen atoms in total. The van der Waals surface area contributed by atoms with E-state index < -0.39 is 0 Å². The molecule has 3 heterocycles. The Balaban J connectivity index is 1.35. The van der Waals surface area contributed by atoms with Crippen LogP contribution in [0, 0.1) is 11.3 Å². The van der Waals surface area contributed by atoms with Gasteiger partial charge < -0.3 is 32.0 Å². The molecule has 0 unspecified atom stereocenters. The molecule has 1 aromatic heterocycles. The van der Waals surface area contributed by atoms with E-state index in [0.29, 0.717) is 34.2 Å². The van der Waals surface area contributed by atoms with Gasteiger partial charge in [-0.2, -0.15) is 0 Å². The maximum Gasteiger partial charge on any atom is 0.259 e. The van der Waals surface area contributed by atoms with Gasteiger partial charge in [-0.05, 0) is 79.9 Å². The summed E-state index contributed by atoms with van der Waals surface area (Å²) < 4.78 is 0. The lowest BCUT2D eigenvalue weighted by Gasteiger charge is -2.30. The first-order valence-corrected chi connectivity index (χ1v) is 12.9. The number of benzene rings is 2. The number of amides is 1. The highest BCUT2D eigenvalue weighted by atomic mass is 16.1. The molecule has 0 spiro atoms. The first-order valence-electron chi connectivity index (χ1n) is 12.9. The fraction of sp³-hybridized carbons (Fsp3) is 0.345. The van der Waals surface area contributed by atoms with E-state index in [0.717, 1.165) is 31.9 Å². The lowest BCUT2D eigenvalue weighted by Crippen LogP contribution is -2.37. The van der Waals surface area contributed by atoms with Gasteiger partial charge in [-0.3, -0.25) is 4.79 Å². The summed E-state index contributed by atoms with van der Waals surface area (Å²) in [7, 11) is 0. The third-order valence-electron chi connectivity index (χ3n) is 7.41.